The van der Waals surface area contributed by atoms with Gasteiger partial charge in [0.15, 0.2) is 0 Å². The van der Waals surface area contributed by atoms with Crippen LogP contribution in [0.4, 0.5) is 11.8 Å². The fourth-order valence-corrected chi connectivity index (χ4v) is 2.35. The Kier molecular flexibility index (Phi) is 3.47. The number of hydrogen-bond donors (Lipinski definition) is 2. The molecule has 20 heavy (non-hydrogen) atoms. The van der Waals surface area contributed by atoms with E-state index in [1.165, 1.54) is 0 Å². The van der Waals surface area contributed by atoms with Gasteiger partial charge in [0, 0.05) is 42.8 Å². The van der Waals surface area contributed by atoms with Crippen LogP contribution in [0.1, 0.15) is 12.8 Å². The molecular weight excluding hydrogens is 254 g/mol. The summed E-state index contributed by atoms with van der Waals surface area (Å²) in [5.74, 6) is 1.16. The fraction of sp³-hybridized carbons (Fsp3) is 0.357. The Morgan fingerprint density at radius 2 is 1.85 bits per heavy atom. The third kappa shape index (κ3) is 2.70. The molecule has 2 aromatic rings. The molecule has 1 saturated heterocycles. The molecule has 104 valence electrons. The Labute approximate surface area is 117 Å². The molecule has 1 aliphatic rings. The van der Waals surface area contributed by atoms with Crippen LogP contribution in [0.3, 0.4) is 0 Å². The zero-order valence-corrected chi connectivity index (χ0v) is 11.1. The standard InChI is InChI=1S/C14H17N5O/c15-13-4-3-10(6-16-13)11-7-17-14(18-8-11)19-5-1-2-12(20)9-19/h3-4,6-8,12,20H,1-2,5,9H2,(H2,15,16). The van der Waals surface area contributed by atoms with Crippen molar-refractivity contribution in [2.75, 3.05) is 23.7 Å². The molecule has 1 aliphatic heterocycles. The van der Waals surface area contributed by atoms with Crippen LogP contribution in [-0.2, 0) is 0 Å². The molecule has 1 atom stereocenters. The lowest BCUT2D eigenvalue weighted by Crippen LogP contribution is -2.39. The highest BCUT2D eigenvalue weighted by Crippen LogP contribution is 2.20. The first kappa shape index (κ1) is 12.8. The van der Waals surface area contributed by atoms with Crippen molar-refractivity contribution >= 4 is 11.8 Å². The second-order valence-corrected chi connectivity index (χ2v) is 4.99. The molecule has 1 fully saturated rings. The van der Waals surface area contributed by atoms with Crippen LogP contribution in [0.5, 0.6) is 0 Å². The summed E-state index contributed by atoms with van der Waals surface area (Å²) >= 11 is 0. The molecule has 0 bridgehead atoms. The van der Waals surface area contributed by atoms with E-state index in [-0.39, 0.29) is 6.10 Å². The van der Waals surface area contributed by atoms with Crippen molar-refractivity contribution in [2.45, 2.75) is 18.9 Å². The first-order valence-electron chi connectivity index (χ1n) is 6.69. The van der Waals surface area contributed by atoms with Gasteiger partial charge in [-0.1, -0.05) is 0 Å². The van der Waals surface area contributed by atoms with Crippen LogP contribution in [0.25, 0.3) is 11.1 Å². The normalized spacial score (nSPS) is 19.1. The highest BCUT2D eigenvalue weighted by molar-refractivity contribution is 5.62. The van der Waals surface area contributed by atoms with Crippen LogP contribution < -0.4 is 10.6 Å². The zero-order valence-electron chi connectivity index (χ0n) is 11.1. The van der Waals surface area contributed by atoms with Crippen molar-refractivity contribution in [3.8, 4) is 11.1 Å². The molecule has 0 spiro atoms. The van der Waals surface area contributed by atoms with Crippen molar-refractivity contribution in [3.63, 3.8) is 0 Å². The SMILES string of the molecule is Nc1ccc(-c2cnc(N3CCCC(O)C3)nc2)cn1. The van der Waals surface area contributed by atoms with E-state index in [0.29, 0.717) is 18.3 Å². The van der Waals surface area contributed by atoms with E-state index in [1.807, 2.05) is 11.0 Å². The molecule has 3 heterocycles. The summed E-state index contributed by atoms with van der Waals surface area (Å²) in [5.41, 5.74) is 7.40. The summed E-state index contributed by atoms with van der Waals surface area (Å²) in [6.07, 6.45) is 6.79. The van der Waals surface area contributed by atoms with Crippen molar-refractivity contribution in [1.82, 2.24) is 15.0 Å². The van der Waals surface area contributed by atoms with Crippen LogP contribution in [-0.4, -0.2) is 39.3 Å². The maximum atomic E-state index is 9.68. The minimum absolute atomic E-state index is 0.284. The van der Waals surface area contributed by atoms with Crippen molar-refractivity contribution in [3.05, 3.63) is 30.7 Å². The number of aromatic nitrogens is 3. The third-order valence-corrected chi connectivity index (χ3v) is 3.44. The van der Waals surface area contributed by atoms with Crippen LogP contribution >= 0.6 is 0 Å². The minimum Gasteiger partial charge on any atom is -0.391 e. The van der Waals surface area contributed by atoms with E-state index in [9.17, 15) is 5.11 Å². The van der Waals surface area contributed by atoms with E-state index in [2.05, 4.69) is 15.0 Å². The van der Waals surface area contributed by atoms with Crippen molar-refractivity contribution < 1.29 is 5.11 Å². The number of aliphatic hydroxyl groups excluding tert-OH is 1. The minimum atomic E-state index is -0.284. The van der Waals surface area contributed by atoms with Gasteiger partial charge in [-0.05, 0) is 25.0 Å². The number of hydrogen-bond acceptors (Lipinski definition) is 6. The lowest BCUT2D eigenvalue weighted by molar-refractivity contribution is 0.153. The third-order valence-electron chi connectivity index (χ3n) is 3.44. The van der Waals surface area contributed by atoms with E-state index in [4.69, 9.17) is 5.73 Å². The Morgan fingerprint density at radius 1 is 1.10 bits per heavy atom. The number of pyridine rings is 1. The van der Waals surface area contributed by atoms with Gasteiger partial charge < -0.3 is 15.7 Å². The Hall–Kier alpha value is -2.21. The number of nitrogen functional groups attached to an aromatic ring is 1. The number of aliphatic hydroxyl groups is 1. The summed E-state index contributed by atoms with van der Waals surface area (Å²) in [4.78, 5) is 14.8. The quantitative estimate of drug-likeness (QED) is 0.849. The van der Waals surface area contributed by atoms with E-state index in [0.717, 1.165) is 30.5 Å². The molecule has 6 nitrogen and oxygen atoms in total. The summed E-state index contributed by atoms with van der Waals surface area (Å²) in [5, 5.41) is 9.68. The molecule has 0 aliphatic carbocycles. The highest BCUT2D eigenvalue weighted by atomic mass is 16.3. The Balaban J connectivity index is 1.78. The fourth-order valence-electron chi connectivity index (χ4n) is 2.35. The zero-order chi connectivity index (χ0) is 13.9. The summed E-state index contributed by atoms with van der Waals surface area (Å²) < 4.78 is 0. The molecule has 3 N–H and O–H groups in total. The lowest BCUT2D eigenvalue weighted by atomic mass is 10.1. The van der Waals surface area contributed by atoms with Gasteiger partial charge >= 0.3 is 0 Å². The highest BCUT2D eigenvalue weighted by Gasteiger charge is 2.19. The van der Waals surface area contributed by atoms with Crippen LogP contribution in [0, 0.1) is 0 Å². The van der Waals surface area contributed by atoms with E-state index >= 15 is 0 Å². The number of nitrogens with two attached hydrogens (primary N) is 1. The molecule has 0 amide bonds. The largest absolute Gasteiger partial charge is 0.391 e. The summed E-state index contributed by atoms with van der Waals surface area (Å²) in [6.45, 7) is 1.49. The Morgan fingerprint density at radius 3 is 2.50 bits per heavy atom. The maximum absolute atomic E-state index is 9.68. The predicted octanol–water partition coefficient (Wildman–Crippen LogP) is 1.08. The monoisotopic (exact) mass is 271 g/mol. The summed E-state index contributed by atoms with van der Waals surface area (Å²) in [6, 6.07) is 3.65. The predicted molar refractivity (Wildman–Crippen MR) is 77.1 cm³/mol. The number of β-amino-alcohol motifs (C(OH)–C–C–N with tert-alkyl or cyclic N) is 1. The second-order valence-electron chi connectivity index (χ2n) is 4.99. The maximum Gasteiger partial charge on any atom is 0.225 e. The number of anilines is 2. The van der Waals surface area contributed by atoms with Gasteiger partial charge in [-0.2, -0.15) is 0 Å². The van der Waals surface area contributed by atoms with Gasteiger partial charge in [0.25, 0.3) is 0 Å². The number of rotatable bonds is 2. The molecule has 3 rings (SSSR count). The molecule has 0 aromatic carbocycles. The second kappa shape index (κ2) is 5.42. The first-order valence-corrected chi connectivity index (χ1v) is 6.69. The van der Waals surface area contributed by atoms with Gasteiger partial charge in [0.05, 0.1) is 6.10 Å². The van der Waals surface area contributed by atoms with Crippen LogP contribution in [0.2, 0.25) is 0 Å². The number of nitrogens with zero attached hydrogens (tertiary/aromatic N) is 4. The van der Waals surface area contributed by atoms with Crippen molar-refractivity contribution in [1.29, 1.82) is 0 Å². The molecule has 2 aromatic heterocycles. The summed E-state index contributed by atoms with van der Waals surface area (Å²) in [7, 11) is 0. The van der Waals surface area contributed by atoms with Gasteiger partial charge in [-0.15, -0.1) is 0 Å². The van der Waals surface area contributed by atoms with Gasteiger partial charge in [0.2, 0.25) is 5.95 Å². The lowest BCUT2D eigenvalue weighted by Gasteiger charge is -2.29. The van der Waals surface area contributed by atoms with Gasteiger partial charge in [0.1, 0.15) is 5.82 Å². The first-order chi connectivity index (χ1) is 9.72. The molecule has 1 unspecified atom stereocenters. The topological polar surface area (TPSA) is 88.2 Å². The van der Waals surface area contributed by atoms with E-state index < -0.39 is 0 Å². The van der Waals surface area contributed by atoms with Gasteiger partial charge in [-0.3, -0.25) is 0 Å². The smallest absolute Gasteiger partial charge is 0.225 e. The average molecular weight is 271 g/mol. The molecule has 6 heteroatoms. The Bertz CT molecular complexity index is 569. The average Bonchev–Trinajstić information content (AvgIpc) is 2.48. The van der Waals surface area contributed by atoms with Crippen LogP contribution in [0.15, 0.2) is 30.7 Å². The van der Waals surface area contributed by atoms with Crippen molar-refractivity contribution in [2.24, 2.45) is 0 Å². The molecule has 0 saturated carbocycles. The molecule has 0 radical (unpaired) electrons. The molecular formula is C14H17N5O. The number of piperidine rings is 1. The van der Waals surface area contributed by atoms with Gasteiger partial charge in [-0.25, -0.2) is 15.0 Å². The van der Waals surface area contributed by atoms with E-state index in [1.54, 1.807) is 24.7 Å².